The van der Waals surface area contributed by atoms with Crippen LogP contribution in [0.25, 0.3) is 0 Å². The molecule has 1 unspecified atom stereocenters. The van der Waals surface area contributed by atoms with E-state index in [1.165, 1.54) is 0 Å². The highest BCUT2D eigenvalue weighted by Crippen LogP contribution is 2.53. The molecule has 3 aliphatic rings. The molecule has 1 saturated carbocycles. The van der Waals surface area contributed by atoms with Crippen molar-refractivity contribution in [2.45, 2.75) is 32.1 Å². The molecule has 5 nitrogen and oxygen atoms in total. The summed E-state index contributed by atoms with van der Waals surface area (Å²) in [6, 6.07) is 6.42. The third-order valence-corrected chi connectivity index (χ3v) is 6.32. The van der Waals surface area contributed by atoms with Gasteiger partial charge in [0.05, 0.1) is 11.1 Å². The van der Waals surface area contributed by atoms with Crippen LogP contribution in [0.1, 0.15) is 62.2 Å². The second-order valence-electron chi connectivity index (χ2n) is 7.49. The minimum Gasteiger partial charge on any atom is -0.507 e. The number of benzene rings is 2. The topological polar surface area (TPSA) is 91.7 Å². The van der Waals surface area contributed by atoms with Crippen molar-refractivity contribution in [2.24, 2.45) is 5.41 Å². The molecule has 2 aromatic rings. The lowest BCUT2D eigenvalue weighted by atomic mass is 9.58. The fourth-order valence-corrected chi connectivity index (χ4v) is 4.70. The Morgan fingerprint density at radius 2 is 1.31 bits per heavy atom. The number of aromatic hydroxyl groups is 2. The van der Waals surface area contributed by atoms with Crippen molar-refractivity contribution in [1.82, 2.24) is 0 Å². The number of carbonyl (C=O) groups excluding carboxylic acids is 3. The maximum atomic E-state index is 12.9. The van der Waals surface area contributed by atoms with Crippen LogP contribution in [0.3, 0.4) is 0 Å². The van der Waals surface area contributed by atoms with Gasteiger partial charge in [-0.1, -0.05) is 24.3 Å². The maximum absolute atomic E-state index is 12.9. The van der Waals surface area contributed by atoms with Gasteiger partial charge in [0, 0.05) is 34.1 Å². The summed E-state index contributed by atoms with van der Waals surface area (Å²) in [5, 5.41) is 21.6. The number of Topliss-reactive ketones (excluding diaryl/α,β-unsaturated/α-hetero) is 1. The Kier molecular flexibility index (Phi) is 2.84. The molecule has 0 aromatic heterocycles. The third-order valence-electron chi connectivity index (χ3n) is 6.32. The average molecular weight is 348 g/mol. The largest absolute Gasteiger partial charge is 0.507 e. The van der Waals surface area contributed by atoms with Gasteiger partial charge in [-0.05, 0) is 25.7 Å². The van der Waals surface area contributed by atoms with Crippen LogP contribution in [-0.4, -0.2) is 27.6 Å². The highest BCUT2D eigenvalue weighted by atomic mass is 16.3. The first-order valence-corrected chi connectivity index (χ1v) is 8.76. The highest BCUT2D eigenvalue weighted by molar-refractivity contribution is 6.30. The van der Waals surface area contributed by atoms with E-state index in [2.05, 4.69) is 0 Å². The predicted molar refractivity (Wildman–Crippen MR) is 91.8 cm³/mol. The van der Waals surface area contributed by atoms with E-state index in [1.807, 2.05) is 0 Å². The van der Waals surface area contributed by atoms with Crippen LogP contribution in [0.5, 0.6) is 11.5 Å². The van der Waals surface area contributed by atoms with Crippen LogP contribution in [0.4, 0.5) is 0 Å². The number of carbonyl (C=O) groups is 3. The summed E-state index contributed by atoms with van der Waals surface area (Å²) in [6.07, 6.45) is 2.63. The second kappa shape index (κ2) is 4.81. The van der Waals surface area contributed by atoms with Crippen molar-refractivity contribution in [3.05, 3.63) is 57.6 Å². The summed E-state index contributed by atoms with van der Waals surface area (Å²) in [6.45, 7) is 0. The van der Waals surface area contributed by atoms with Gasteiger partial charge >= 0.3 is 0 Å². The molecule has 0 amide bonds. The van der Waals surface area contributed by atoms with Gasteiger partial charge in [-0.2, -0.15) is 0 Å². The molecule has 26 heavy (non-hydrogen) atoms. The molecular formula is C21H16O5. The summed E-state index contributed by atoms with van der Waals surface area (Å²) in [5.74, 6) is -1.22. The van der Waals surface area contributed by atoms with Gasteiger partial charge < -0.3 is 10.2 Å². The summed E-state index contributed by atoms with van der Waals surface area (Å²) in [7, 11) is 0. The van der Waals surface area contributed by atoms with E-state index < -0.39 is 17.0 Å². The molecule has 0 aliphatic heterocycles. The summed E-state index contributed by atoms with van der Waals surface area (Å²) in [4.78, 5) is 37.9. The van der Waals surface area contributed by atoms with Gasteiger partial charge in [0.1, 0.15) is 17.3 Å². The lowest BCUT2D eigenvalue weighted by Crippen LogP contribution is -2.45. The molecule has 5 heteroatoms. The Morgan fingerprint density at radius 1 is 0.769 bits per heavy atom. The standard InChI is InChI=1S/C21H16O5/c22-14-6-8-21(14)7-5-12-13(9-21)20(26)16-15(19(12)25)17(23)10-3-1-2-4-11(10)18(16)24/h1-4,25-26H,5-9H2. The molecule has 0 heterocycles. The molecule has 0 bridgehead atoms. The van der Waals surface area contributed by atoms with E-state index in [9.17, 15) is 24.6 Å². The summed E-state index contributed by atoms with van der Waals surface area (Å²) >= 11 is 0. The number of phenolic OH excluding ortho intramolecular Hbond substituents is 2. The van der Waals surface area contributed by atoms with Crippen LogP contribution in [0.2, 0.25) is 0 Å². The SMILES string of the molecule is O=C1c2ccccc2C(=O)c2c(O)c3c(c(O)c21)CCC1(CCC1=O)C3. The Morgan fingerprint density at radius 3 is 1.81 bits per heavy atom. The number of fused-ring (bicyclic) bond motifs is 3. The van der Waals surface area contributed by atoms with Crippen molar-refractivity contribution in [2.75, 3.05) is 0 Å². The van der Waals surface area contributed by atoms with E-state index in [-0.39, 0.29) is 39.5 Å². The minimum atomic E-state index is -0.481. The Labute approximate surface area is 149 Å². The van der Waals surface area contributed by atoms with Crippen molar-refractivity contribution in [3.8, 4) is 11.5 Å². The molecular weight excluding hydrogens is 332 g/mol. The van der Waals surface area contributed by atoms with Gasteiger partial charge in [0.25, 0.3) is 0 Å². The monoisotopic (exact) mass is 348 g/mol. The highest BCUT2D eigenvalue weighted by Gasteiger charge is 2.50. The maximum Gasteiger partial charge on any atom is 0.198 e. The number of hydrogen-bond donors (Lipinski definition) is 2. The number of ketones is 3. The lowest BCUT2D eigenvalue weighted by molar-refractivity contribution is -0.139. The van der Waals surface area contributed by atoms with Gasteiger partial charge in [-0.25, -0.2) is 0 Å². The molecule has 2 N–H and O–H groups in total. The van der Waals surface area contributed by atoms with Crippen molar-refractivity contribution in [1.29, 1.82) is 0 Å². The van der Waals surface area contributed by atoms with Crippen LogP contribution in [0.15, 0.2) is 24.3 Å². The zero-order valence-electron chi connectivity index (χ0n) is 14.0. The van der Waals surface area contributed by atoms with Gasteiger partial charge in [0.15, 0.2) is 11.6 Å². The Hall–Kier alpha value is -2.95. The van der Waals surface area contributed by atoms with E-state index in [0.717, 1.165) is 6.42 Å². The molecule has 0 saturated heterocycles. The fraction of sp³-hybridized carbons (Fsp3) is 0.286. The van der Waals surface area contributed by atoms with E-state index in [4.69, 9.17) is 0 Å². The van der Waals surface area contributed by atoms with Crippen LogP contribution < -0.4 is 0 Å². The van der Waals surface area contributed by atoms with E-state index >= 15 is 0 Å². The smallest absolute Gasteiger partial charge is 0.198 e. The molecule has 5 rings (SSSR count). The molecule has 1 fully saturated rings. The third kappa shape index (κ3) is 1.68. The van der Waals surface area contributed by atoms with Gasteiger partial charge in [-0.15, -0.1) is 0 Å². The van der Waals surface area contributed by atoms with Crippen molar-refractivity contribution >= 4 is 17.3 Å². The lowest BCUT2D eigenvalue weighted by Gasteiger charge is -2.44. The molecule has 2 aromatic carbocycles. The first-order chi connectivity index (χ1) is 12.4. The molecule has 1 spiro atoms. The molecule has 130 valence electrons. The van der Waals surface area contributed by atoms with Crippen LogP contribution >= 0.6 is 0 Å². The van der Waals surface area contributed by atoms with E-state index in [0.29, 0.717) is 36.8 Å². The first-order valence-electron chi connectivity index (χ1n) is 8.76. The van der Waals surface area contributed by atoms with Crippen LogP contribution in [-0.2, 0) is 17.6 Å². The molecule has 0 radical (unpaired) electrons. The number of hydrogen-bond acceptors (Lipinski definition) is 5. The van der Waals surface area contributed by atoms with Crippen LogP contribution in [0, 0.1) is 5.41 Å². The second-order valence-corrected chi connectivity index (χ2v) is 7.49. The predicted octanol–water partition coefficient (Wildman–Crippen LogP) is 2.71. The van der Waals surface area contributed by atoms with Crippen molar-refractivity contribution < 1.29 is 24.6 Å². The molecule has 3 aliphatic carbocycles. The zero-order chi connectivity index (χ0) is 18.2. The summed E-state index contributed by atoms with van der Waals surface area (Å²) < 4.78 is 0. The van der Waals surface area contributed by atoms with E-state index in [1.54, 1.807) is 24.3 Å². The molecule has 1 atom stereocenters. The average Bonchev–Trinajstić information content (AvgIpc) is 2.67. The fourth-order valence-electron chi connectivity index (χ4n) is 4.70. The Balaban J connectivity index is 1.76. The quantitative estimate of drug-likeness (QED) is 0.610. The zero-order valence-corrected chi connectivity index (χ0v) is 14.0. The Bertz CT molecular complexity index is 1050. The first kappa shape index (κ1) is 15.3. The van der Waals surface area contributed by atoms with Crippen molar-refractivity contribution in [3.63, 3.8) is 0 Å². The summed E-state index contributed by atoms with van der Waals surface area (Å²) in [5.41, 5.74) is 0.680. The number of rotatable bonds is 0. The normalized spacial score (nSPS) is 23.3. The minimum absolute atomic E-state index is 0.110. The van der Waals surface area contributed by atoms with Gasteiger partial charge in [-0.3, -0.25) is 14.4 Å². The number of phenols is 2. The van der Waals surface area contributed by atoms with Gasteiger partial charge in [0.2, 0.25) is 0 Å².